The SMILES string of the molecule is NCCCC[C@@H](NC(=O)CN[C@@H](CCC(=O)O)C(=O)O)C(=O)O. The number of aliphatic carboxylic acids is 3. The van der Waals surface area contributed by atoms with E-state index in [4.69, 9.17) is 21.1 Å². The number of carboxylic acids is 3. The maximum absolute atomic E-state index is 11.7. The van der Waals surface area contributed by atoms with E-state index in [2.05, 4.69) is 10.6 Å². The molecule has 132 valence electrons. The molecule has 2 atom stereocenters. The van der Waals surface area contributed by atoms with Crippen LogP contribution in [0.15, 0.2) is 0 Å². The molecule has 0 aromatic rings. The van der Waals surface area contributed by atoms with Gasteiger partial charge in [0.15, 0.2) is 0 Å². The van der Waals surface area contributed by atoms with Crippen LogP contribution in [0, 0.1) is 0 Å². The summed E-state index contributed by atoms with van der Waals surface area (Å²) in [6.45, 7) is 0.00294. The molecule has 0 spiro atoms. The Hall–Kier alpha value is -2.20. The van der Waals surface area contributed by atoms with E-state index >= 15 is 0 Å². The van der Waals surface area contributed by atoms with Gasteiger partial charge in [0.1, 0.15) is 12.1 Å². The van der Waals surface area contributed by atoms with Crippen LogP contribution in [0.2, 0.25) is 0 Å². The monoisotopic (exact) mass is 333 g/mol. The highest BCUT2D eigenvalue weighted by atomic mass is 16.4. The van der Waals surface area contributed by atoms with Gasteiger partial charge in [-0.15, -0.1) is 0 Å². The third kappa shape index (κ3) is 10.2. The van der Waals surface area contributed by atoms with Crippen molar-refractivity contribution in [3.05, 3.63) is 0 Å². The zero-order valence-electron chi connectivity index (χ0n) is 12.7. The number of carbonyl (C=O) groups excluding carboxylic acids is 1. The summed E-state index contributed by atoms with van der Waals surface area (Å²) in [5, 5.41) is 31.1. The summed E-state index contributed by atoms with van der Waals surface area (Å²) in [4.78, 5) is 44.1. The van der Waals surface area contributed by atoms with Gasteiger partial charge in [0.05, 0.1) is 6.54 Å². The molecule has 0 bridgehead atoms. The number of rotatable bonds is 13. The number of nitrogens with one attached hydrogen (secondary N) is 2. The number of amides is 1. The van der Waals surface area contributed by atoms with Gasteiger partial charge in [-0.25, -0.2) is 4.79 Å². The largest absolute Gasteiger partial charge is 0.481 e. The highest BCUT2D eigenvalue weighted by molar-refractivity contribution is 5.85. The van der Waals surface area contributed by atoms with Gasteiger partial charge in [-0.05, 0) is 32.2 Å². The molecular formula is C13H23N3O7. The molecule has 10 nitrogen and oxygen atoms in total. The summed E-state index contributed by atoms with van der Waals surface area (Å²) in [5.74, 6) is -4.28. The van der Waals surface area contributed by atoms with Crippen LogP contribution < -0.4 is 16.4 Å². The fourth-order valence-electron chi connectivity index (χ4n) is 1.79. The van der Waals surface area contributed by atoms with Crippen molar-refractivity contribution in [2.75, 3.05) is 13.1 Å². The Morgan fingerprint density at radius 3 is 2.00 bits per heavy atom. The van der Waals surface area contributed by atoms with Crippen molar-refractivity contribution in [3.8, 4) is 0 Å². The van der Waals surface area contributed by atoms with Crippen LogP contribution in [0.5, 0.6) is 0 Å². The lowest BCUT2D eigenvalue weighted by Crippen LogP contribution is -2.48. The van der Waals surface area contributed by atoms with E-state index in [1.807, 2.05) is 0 Å². The third-order valence-corrected chi connectivity index (χ3v) is 3.03. The van der Waals surface area contributed by atoms with E-state index in [1.54, 1.807) is 0 Å². The van der Waals surface area contributed by atoms with Gasteiger partial charge in [0.25, 0.3) is 0 Å². The Morgan fingerprint density at radius 2 is 1.52 bits per heavy atom. The van der Waals surface area contributed by atoms with E-state index in [0.717, 1.165) is 0 Å². The summed E-state index contributed by atoms with van der Waals surface area (Å²) in [5.41, 5.74) is 5.31. The lowest BCUT2D eigenvalue weighted by Gasteiger charge is -2.16. The highest BCUT2D eigenvalue weighted by Crippen LogP contribution is 2.01. The quantitative estimate of drug-likeness (QED) is 0.221. The van der Waals surface area contributed by atoms with Crippen molar-refractivity contribution in [1.29, 1.82) is 0 Å². The minimum absolute atomic E-state index is 0.184. The standard InChI is InChI=1S/C13H23N3O7/c14-6-2-1-3-9(13(22)23)16-10(17)7-15-8(12(20)21)4-5-11(18)19/h8-9,15H,1-7,14H2,(H,16,17)(H,18,19)(H,20,21)(H,22,23)/t8-,9+/m0/s1. The van der Waals surface area contributed by atoms with Gasteiger partial charge in [0.2, 0.25) is 5.91 Å². The second-order valence-corrected chi connectivity index (χ2v) is 4.95. The van der Waals surface area contributed by atoms with Gasteiger partial charge in [-0.2, -0.15) is 0 Å². The molecule has 0 saturated carbocycles. The molecule has 1 amide bonds. The first-order valence-electron chi connectivity index (χ1n) is 7.18. The molecule has 0 saturated heterocycles. The lowest BCUT2D eigenvalue weighted by molar-refractivity contribution is -0.143. The van der Waals surface area contributed by atoms with Crippen molar-refractivity contribution < 1.29 is 34.5 Å². The number of carbonyl (C=O) groups is 4. The van der Waals surface area contributed by atoms with Crippen LogP contribution in [0.4, 0.5) is 0 Å². The van der Waals surface area contributed by atoms with E-state index in [-0.39, 0.29) is 19.3 Å². The number of hydrogen-bond donors (Lipinski definition) is 6. The Balaban J connectivity index is 4.34. The van der Waals surface area contributed by atoms with Crippen LogP contribution in [0.25, 0.3) is 0 Å². The lowest BCUT2D eigenvalue weighted by atomic mass is 10.1. The van der Waals surface area contributed by atoms with Gasteiger partial charge < -0.3 is 26.4 Å². The second kappa shape index (κ2) is 11.4. The van der Waals surface area contributed by atoms with Crippen LogP contribution in [-0.2, 0) is 19.2 Å². The van der Waals surface area contributed by atoms with Gasteiger partial charge in [-0.1, -0.05) is 0 Å². The number of carboxylic acid groups (broad SMARTS) is 3. The molecule has 0 aromatic heterocycles. The summed E-state index contributed by atoms with van der Waals surface area (Å²) in [7, 11) is 0. The van der Waals surface area contributed by atoms with Crippen LogP contribution in [0.1, 0.15) is 32.1 Å². The number of hydrogen-bond acceptors (Lipinski definition) is 6. The minimum Gasteiger partial charge on any atom is -0.481 e. The molecule has 0 unspecified atom stereocenters. The summed E-state index contributed by atoms with van der Waals surface area (Å²) in [6.07, 6.45) is 0.852. The Labute approximate surface area is 133 Å². The van der Waals surface area contributed by atoms with Crippen molar-refractivity contribution >= 4 is 23.8 Å². The molecule has 7 N–H and O–H groups in total. The predicted molar refractivity (Wildman–Crippen MR) is 78.8 cm³/mol. The molecular weight excluding hydrogens is 310 g/mol. The molecule has 0 aliphatic carbocycles. The van der Waals surface area contributed by atoms with Gasteiger partial charge in [0, 0.05) is 6.42 Å². The maximum Gasteiger partial charge on any atom is 0.326 e. The molecule has 23 heavy (non-hydrogen) atoms. The fraction of sp³-hybridized carbons (Fsp3) is 0.692. The first-order chi connectivity index (χ1) is 10.8. The van der Waals surface area contributed by atoms with E-state index in [0.29, 0.717) is 19.4 Å². The molecule has 0 aliphatic rings. The first kappa shape index (κ1) is 20.8. The third-order valence-electron chi connectivity index (χ3n) is 3.03. The van der Waals surface area contributed by atoms with Crippen molar-refractivity contribution in [2.24, 2.45) is 5.73 Å². The molecule has 10 heteroatoms. The smallest absolute Gasteiger partial charge is 0.326 e. The molecule has 0 fully saturated rings. The topological polar surface area (TPSA) is 179 Å². The van der Waals surface area contributed by atoms with Crippen molar-refractivity contribution in [3.63, 3.8) is 0 Å². The van der Waals surface area contributed by atoms with E-state index in [1.165, 1.54) is 0 Å². The molecule has 0 rings (SSSR count). The van der Waals surface area contributed by atoms with Crippen molar-refractivity contribution in [1.82, 2.24) is 10.6 Å². The number of nitrogens with two attached hydrogens (primary N) is 1. The minimum atomic E-state index is -1.28. The zero-order valence-corrected chi connectivity index (χ0v) is 12.7. The highest BCUT2D eigenvalue weighted by Gasteiger charge is 2.22. The Kier molecular flexibility index (Phi) is 10.3. The van der Waals surface area contributed by atoms with Crippen molar-refractivity contribution in [2.45, 2.75) is 44.2 Å². The maximum atomic E-state index is 11.7. The average molecular weight is 333 g/mol. The number of unbranched alkanes of at least 4 members (excludes halogenated alkanes) is 1. The Morgan fingerprint density at radius 1 is 0.913 bits per heavy atom. The molecule has 0 heterocycles. The van der Waals surface area contributed by atoms with Crippen LogP contribution in [0.3, 0.4) is 0 Å². The summed E-state index contributed by atoms with van der Waals surface area (Å²) in [6, 6.07) is -2.27. The normalized spacial score (nSPS) is 13.1. The summed E-state index contributed by atoms with van der Waals surface area (Å²) >= 11 is 0. The first-order valence-corrected chi connectivity index (χ1v) is 7.18. The molecule has 0 aromatic carbocycles. The fourth-order valence-corrected chi connectivity index (χ4v) is 1.79. The average Bonchev–Trinajstić information content (AvgIpc) is 2.45. The van der Waals surface area contributed by atoms with Gasteiger partial charge in [-0.3, -0.25) is 19.7 Å². The van der Waals surface area contributed by atoms with Gasteiger partial charge >= 0.3 is 17.9 Å². The second-order valence-electron chi connectivity index (χ2n) is 4.95. The van der Waals surface area contributed by atoms with E-state index < -0.39 is 42.4 Å². The Bertz CT molecular complexity index is 428. The zero-order chi connectivity index (χ0) is 17.8. The molecule has 0 radical (unpaired) electrons. The van der Waals surface area contributed by atoms with E-state index in [9.17, 15) is 19.2 Å². The van der Waals surface area contributed by atoms with Crippen LogP contribution >= 0.6 is 0 Å². The summed E-state index contributed by atoms with van der Waals surface area (Å²) < 4.78 is 0. The van der Waals surface area contributed by atoms with Crippen LogP contribution in [-0.4, -0.2) is 64.3 Å². The molecule has 0 aliphatic heterocycles. The predicted octanol–water partition coefficient (Wildman–Crippen LogP) is -1.41.